The quantitative estimate of drug-likeness (QED) is 0.843. The van der Waals surface area contributed by atoms with E-state index in [-0.39, 0.29) is 6.10 Å². The molecule has 1 atom stereocenters. The molecule has 0 aromatic heterocycles. The summed E-state index contributed by atoms with van der Waals surface area (Å²) in [7, 11) is 0. The van der Waals surface area contributed by atoms with E-state index in [4.69, 9.17) is 9.47 Å². The van der Waals surface area contributed by atoms with Crippen LogP contribution in [-0.2, 0) is 0 Å². The van der Waals surface area contributed by atoms with Crippen molar-refractivity contribution < 1.29 is 9.47 Å². The van der Waals surface area contributed by atoms with Crippen molar-refractivity contribution in [2.24, 2.45) is 0 Å². The Morgan fingerprint density at radius 1 is 1.05 bits per heavy atom. The number of hydrogen-bond acceptors (Lipinski definition) is 4. The van der Waals surface area contributed by atoms with Gasteiger partial charge in [0.25, 0.3) is 0 Å². The predicted octanol–water partition coefficient (Wildman–Crippen LogP) is 3.65. The number of anilines is 2. The van der Waals surface area contributed by atoms with Gasteiger partial charge < -0.3 is 20.1 Å². The Morgan fingerprint density at radius 2 is 1.91 bits per heavy atom. The Labute approximate surface area is 130 Å². The van der Waals surface area contributed by atoms with Gasteiger partial charge in [-0.1, -0.05) is 12.1 Å². The number of rotatable bonds is 1. The minimum absolute atomic E-state index is 0.00475. The normalized spacial score (nSPS) is 18.9. The second-order valence-corrected chi connectivity index (χ2v) is 5.92. The summed E-state index contributed by atoms with van der Waals surface area (Å²) in [5.74, 6) is 1.88. The summed E-state index contributed by atoms with van der Waals surface area (Å²) in [6.07, 6.45) is 0.00475. The van der Waals surface area contributed by atoms with Crippen molar-refractivity contribution >= 4 is 11.4 Å². The number of nitrogens with one attached hydrogen (secondary N) is 2. The highest BCUT2D eigenvalue weighted by Gasteiger charge is 2.25. The second-order valence-electron chi connectivity index (χ2n) is 5.92. The van der Waals surface area contributed by atoms with Crippen LogP contribution in [0.1, 0.15) is 22.8 Å². The lowest BCUT2D eigenvalue weighted by atomic mass is 9.99. The maximum atomic E-state index is 6.23. The van der Waals surface area contributed by atoms with Crippen LogP contribution in [-0.4, -0.2) is 19.7 Å². The van der Waals surface area contributed by atoms with Crippen LogP contribution >= 0.6 is 0 Å². The Balaban J connectivity index is 1.69. The van der Waals surface area contributed by atoms with E-state index < -0.39 is 0 Å². The minimum Gasteiger partial charge on any atom is -0.489 e. The fraction of sp³-hybridized carbons (Fsp3) is 0.333. The van der Waals surface area contributed by atoms with Crippen molar-refractivity contribution in [2.45, 2.75) is 20.0 Å². The standard InChI is InChI=1S/C18H20N2O2/c1-11-3-5-14-16(9-11)22-17(10-20-14)13-4-6-15-18(12(13)2)21-8-7-19-15/h3-6,9,17,19-20H,7-8,10H2,1-2H3. The Kier molecular flexibility index (Phi) is 3.10. The van der Waals surface area contributed by atoms with E-state index in [0.29, 0.717) is 6.61 Å². The van der Waals surface area contributed by atoms with Gasteiger partial charge in [-0.25, -0.2) is 0 Å². The zero-order chi connectivity index (χ0) is 15.1. The van der Waals surface area contributed by atoms with Crippen molar-refractivity contribution in [2.75, 3.05) is 30.3 Å². The molecule has 114 valence electrons. The molecular formula is C18H20N2O2. The van der Waals surface area contributed by atoms with E-state index in [0.717, 1.165) is 41.5 Å². The first-order chi connectivity index (χ1) is 10.7. The maximum Gasteiger partial charge on any atom is 0.145 e. The molecule has 0 saturated heterocycles. The molecule has 4 heteroatoms. The summed E-state index contributed by atoms with van der Waals surface area (Å²) in [5.41, 5.74) is 5.69. The van der Waals surface area contributed by atoms with E-state index in [2.05, 4.69) is 54.8 Å². The van der Waals surface area contributed by atoms with Crippen LogP contribution in [0.4, 0.5) is 11.4 Å². The number of fused-ring (bicyclic) bond motifs is 2. The monoisotopic (exact) mass is 296 g/mol. The van der Waals surface area contributed by atoms with Gasteiger partial charge in [0.05, 0.1) is 17.9 Å². The molecule has 4 rings (SSSR count). The lowest BCUT2D eigenvalue weighted by Crippen LogP contribution is -2.25. The van der Waals surface area contributed by atoms with Crippen molar-refractivity contribution in [1.29, 1.82) is 0 Å². The summed E-state index contributed by atoms with van der Waals surface area (Å²) in [6.45, 7) is 6.53. The Bertz CT molecular complexity index is 727. The van der Waals surface area contributed by atoms with Crippen LogP contribution in [0.2, 0.25) is 0 Å². The van der Waals surface area contributed by atoms with Crippen LogP contribution in [0.15, 0.2) is 30.3 Å². The molecule has 0 aliphatic carbocycles. The zero-order valence-electron chi connectivity index (χ0n) is 12.9. The van der Waals surface area contributed by atoms with E-state index in [1.807, 2.05) is 0 Å². The molecule has 0 amide bonds. The first-order valence-electron chi connectivity index (χ1n) is 7.74. The molecular weight excluding hydrogens is 276 g/mol. The largest absolute Gasteiger partial charge is 0.489 e. The van der Waals surface area contributed by atoms with Crippen LogP contribution in [0.5, 0.6) is 11.5 Å². The lowest BCUT2D eigenvalue weighted by Gasteiger charge is -2.30. The smallest absolute Gasteiger partial charge is 0.145 e. The minimum atomic E-state index is 0.00475. The van der Waals surface area contributed by atoms with Gasteiger partial charge >= 0.3 is 0 Å². The first kappa shape index (κ1) is 13.3. The number of benzene rings is 2. The predicted molar refractivity (Wildman–Crippen MR) is 88.2 cm³/mol. The van der Waals surface area contributed by atoms with Gasteiger partial charge in [-0.05, 0) is 37.6 Å². The molecule has 0 bridgehead atoms. The molecule has 1 unspecified atom stereocenters. The van der Waals surface area contributed by atoms with E-state index >= 15 is 0 Å². The Morgan fingerprint density at radius 3 is 2.82 bits per heavy atom. The van der Waals surface area contributed by atoms with Crippen molar-refractivity contribution in [1.82, 2.24) is 0 Å². The molecule has 2 aliphatic heterocycles. The fourth-order valence-electron chi connectivity index (χ4n) is 3.16. The van der Waals surface area contributed by atoms with E-state index in [1.165, 1.54) is 11.1 Å². The van der Waals surface area contributed by atoms with Crippen LogP contribution in [0, 0.1) is 13.8 Å². The highest BCUT2D eigenvalue weighted by atomic mass is 16.5. The van der Waals surface area contributed by atoms with Gasteiger partial charge in [-0.15, -0.1) is 0 Å². The van der Waals surface area contributed by atoms with E-state index in [9.17, 15) is 0 Å². The molecule has 2 heterocycles. The number of aryl methyl sites for hydroxylation is 1. The van der Waals surface area contributed by atoms with Gasteiger partial charge in [0, 0.05) is 17.7 Å². The van der Waals surface area contributed by atoms with E-state index in [1.54, 1.807) is 0 Å². The Hall–Kier alpha value is -2.36. The summed E-state index contributed by atoms with van der Waals surface area (Å²) in [6, 6.07) is 10.5. The molecule has 2 aromatic carbocycles. The molecule has 2 aromatic rings. The third kappa shape index (κ3) is 2.15. The molecule has 2 aliphatic rings. The summed E-state index contributed by atoms with van der Waals surface area (Å²) < 4.78 is 12.1. The summed E-state index contributed by atoms with van der Waals surface area (Å²) in [4.78, 5) is 0. The van der Waals surface area contributed by atoms with Gasteiger partial charge in [0.15, 0.2) is 0 Å². The van der Waals surface area contributed by atoms with Crippen molar-refractivity contribution in [3.8, 4) is 11.5 Å². The third-order valence-electron chi connectivity index (χ3n) is 4.34. The molecule has 22 heavy (non-hydrogen) atoms. The average molecular weight is 296 g/mol. The van der Waals surface area contributed by atoms with Gasteiger partial charge in [0.1, 0.15) is 24.2 Å². The molecule has 0 spiro atoms. The topological polar surface area (TPSA) is 42.5 Å². The van der Waals surface area contributed by atoms with Crippen LogP contribution in [0.25, 0.3) is 0 Å². The fourth-order valence-corrected chi connectivity index (χ4v) is 3.16. The highest BCUT2D eigenvalue weighted by molar-refractivity contribution is 5.65. The summed E-state index contributed by atoms with van der Waals surface area (Å²) in [5, 5.41) is 6.84. The number of hydrogen-bond donors (Lipinski definition) is 2. The summed E-state index contributed by atoms with van der Waals surface area (Å²) >= 11 is 0. The second kappa shape index (κ2) is 5.13. The van der Waals surface area contributed by atoms with Crippen molar-refractivity contribution in [3.63, 3.8) is 0 Å². The van der Waals surface area contributed by atoms with Crippen LogP contribution in [0.3, 0.4) is 0 Å². The third-order valence-corrected chi connectivity index (χ3v) is 4.34. The van der Waals surface area contributed by atoms with Crippen LogP contribution < -0.4 is 20.1 Å². The lowest BCUT2D eigenvalue weighted by molar-refractivity contribution is 0.208. The SMILES string of the molecule is Cc1ccc2c(c1)OC(c1ccc3c(c1C)OCCN3)CN2. The average Bonchev–Trinajstić information content (AvgIpc) is 2.55. The highest BCUT2D eigenvalue weighted by Crippen LogP contribution is 2.40. The van der Waals surface area contributed by atoms with Gasteiger partial charge in [-0.3, -0.25) is 0 Å². The molecule has 0 radical (unpaired) electrons. The zero-order valence-corrected chi connectivity index (χ0v) is 12.9. The molecule has 2 N–H and O–H groups in total. The molecule has 0 saturated carbocycles. The first-order valence-corrected chi connectivity index (χ1v) is 7.74. The van der Waals surface area contributed by atoms with Gasteiger partial charge in [0.2, 0.25) is 0 Å². The number of ether oxygens (including phenoxy) is 2. The molecule has 4 nitrogen and oxygen atoms in total. The van der Waals surface area contributed by atoms with Gasteiger partial charge in [-0.2, -0.15) is 0 Å². The maximum absolute atomic E-state index is 6.23. The molecule has 0 fully saturated rings. The van der Waals surface area contributed by atoms with Crippen molar-refractivity contribution in [3.05, 3.63) is 47.0 Å².